The maximum atomic E-state index is 11.0. The zero-order valence-corrected chi connectivity index (χ0v) is 10.1. The normalized spacial score (nSPS) is 10.3. The Labute approximate surface area is 102 Å². The van der Waals surface area contributed by atoms with Gasteiger partial charge < -0.3 is 5.11 Å². The smallest absolute Gasteiger partial charge is 0.343 e. The van der Waals surface area contributed by atoms with E-state index in [9.17, 15) is 4.79 Å². The first-order valence-corrected chi connectivity index (χ1v) is 5.53. The summed E-state index contributed by atoms with van der Waals surface area (Å²) < 4.78 is 0. The van der Waals surface area contributed by atoms with Gasteiger partial charge in [-0.05, 0) is 23.6 Å². The fraction of sp³-hybridized carbons (Fsp3) is 0.200. The van der Waals surface area contributed by atoms with Crippen molar-refractivity contribution in [3.8, 4) is 0 Å². The number of hydrogen-bond donors (Lipinski definition) is 1. The van der Waals surface area contributed by atoms with E-state index >= 15 is 0 Å². The van der Waals surface area contributed by atoms with Crippen LogP contribution in [0.4, 0.5) is 0 Å². The van der Waals surface area contributed by atoms with Gasteiger partial charge in [0.2, 0.25) is 0 Å². The van der Waals surface area contributed by atoms with Crippen molar-refractivity contribution in [3.05, 3.63) is 59.4 Å². The Bertz CT molecular complexity index is 461. The lowest BCUT2D eigenvalue weighted by molar-refractivity contribution is -0.132. The molecule has 0 fully saturated rings. The molecular formula is C15H16O2. The predicted octanol–water partition coefficient (Wildman–Crippen LogP) is 3.52. The van der Waals surface area contributed by atoms with Gasteiger partial charge in [0.1, 0.15) is 5.57 Å². The average Bonchev–Trinajstić information content (AvgIpc) is 2.29. The minimum Gasteiger partial charge on any atom is -0.477 e. The van der Waals surface area contributed by atoms with Gasteiger partial charge in [0, 0.05) is 0 Å². The highest BCUT2D eigenvalue weighted by atomic mass is 16.4. The molecule has 0 aliphatic carbocycles. The molecule has 0 unspecified atom stereocenters. The van der Waals surface area contributed by atoms with E-state index in [1.54, 1.807) is 18.2 Å². The van der Waals surface area contributed by atoms with Crippen molar-refractivity contribution >= 4 is 12.0 Å². The second kappa shape index (κ2) is 6.51. The number of carbonyl (C=O) groups is 1. The molecule has 0 saturated carbocycles. The largest absolute Gasteiger partial charge is 0.477 e. The Balaban J connectivity index is 2.93. The van der Waals surface area contributed by atoms with Crippen LogP contribution >= 0.6 is 0 Å². The van der Waals surface area contributed by atoms with Gasteiger partial charge in [-0.25, -0.2) is 4.79 Å². The molecule has 0 amide bonds. The number of aliphatic carboxylic acids is 1. The molecule has 2 heteroatoms. The molecule has 1 aromatic rings. The van der Waals surface area contributed by atoms with Gasteiger partial charge in [0.25, 0.3) is 0 Å². The summed E-state index contributed by atoms with van der Waals surface area (Å²) >= 11 is 0. The first-order valence-electron chi connectivity index (χ1n) is 5.53. The molecule has 17 heavy (non-hydrogen) atoms. The molecule has 0 aliphatic rings. The molecule has 1 N–H and O–H groups in total. The van der Waals surface area contributed by atoms with Gasteiger partial charge in [-0.3, -0.25) is 0 Å². The van der Waals surface area contributed by atoms with Gasteiger partial charge in [0.15, 0.2) is 0 Å². The third kappa shape index (κ3) is 5.01. The molecule has 1 rings (SSSR count). The van der Waals surface area contributed by atoms with Crippen LogP contribution < -0.4 is 0 Å². The Kier molecular flexibility index (Phi) is 4.99. The van der Waals surface area contributed by atoms with Gasteiger partial charge in [0.05, 0.1) is 0 Å². The molecule has 1 aromatic carbocycles. The molecule has 0 aliphatic heterocycles. The summed E-state index contributed by atoms with van der Waals surface area (Å²) in [6.45, 7) is 3.96. The quantitative estimate of drug-likeness (QED) is 0.486. The molecule has 0 radical (unpaired) electrons. The van der Waals surface area contributed by atoms with Gasteiger partial charge in [-0.1, -0.05) is 50.3 Å². The van der Waals surface area contributed by atoms with E-state index in [2.05, 4.69) is 5.73 Å². The van der Waals surface area contributed by atoms with Gasteiger partial charge in [-0.2, -0.15) is 0 Å². The molecular weight excluding hydrogens is 212 g/mol. The number of hydrogen-bond acceptors (Lipinski definition) is 1. The van der Waals surface area contributed by atoms with Crippen LogP contribution in [-0.4, -0.2) is 11.1 Å². The molecule has 0 bridgehead atoms. The second-order valence-corrected chi connectivity index (χ2v) is 4.02. The van der Waals surface area contributed by atoms with Crippen molar-refractivity contribution in [1.29, 1.82) is 0 Å². The van der Waals surface area contributed by atoms with E-state index in [1.807, 2.05) is 44.2 Å². The topological polar surface area (TPSA) is 37.3 Å². The predicted molar refractivity (Wildman–Crippen MR) is 69.5 cm³/mol. The van der Waals surface area contributed by atoms with Crippen molar-refractivity contribution < 1.29 is 9.90 Å². The summed E-state index contributed by atoms with van der Waals surface area (Å²) in [4.78, 5) is 11.0. The second-order valence-electron chi connectivity index (χ2n) is 4.02. The monoisotopic (exact) mass is 228 g/mol. The third-order valence-electron chi connectivity index (χ3n) is 2.04. The maximum Gasteiger partial charge on any atom is 0.343 e. The summed E-state index contributed by atoms with van der Waals surface area (Å²) in [5, 5.41) is 8.99. The van der Waals surface area contributed by atoms with Crippen LogP contribution in [0.25, 0.3) is 6.08 Å². The molecule has 0 aromatic heterocycles. The number of carboxylic acid groups (broad SMARTS) is 1. The Morgan fingerprint density at radius 3 is 2.47 bits per heavy atom. The highest BCUT2D eigenvalue weighted by Gasteiger charge is 2.00. The highest BCUT2D eigenvalue weighted by Crippen LogP contribution is 2.05. The average molecular weight is 228 g/mol. The number of carboxylic acids is 1. The SMILES string of the molecule is CC(C)C=C=C(C=Cc1ccccc1)C(=O)O. The number of rotatable bonds is 4. The van der Waals surface area contributed by atoms with Gasteiger partial charge >= 0.3 is 5.97 Å². The Morgan fingerprint density at radius 2 is 1.94 bits per heavy atom. The van der Waals surface area contributed by atoms with Crippen molar-refractivity contribution in [1.82, 2.24) is 0 Å². The molecule has 2 nitrogen and oxygen atoms in total. The van der Waals surface area contributed by atoms with E-state index in [-0.39, 0.29) is 11.5 Å². The maximum absolute atomic E-state index is 11.0. The van der Waals surface area contributed by atoms with Crippen LogP contribution in [0.2, 0.25) is 0 Å². The lowest BCUT2D eigenvalue weighted by Gasteiger charge is -1.93. The van der Waals surface area contributed by atoms with Crippen LogP contribution in [0.3, 0.4) is 0 Å². The van der Waals surface area contributed by atoms with Crippen LogP contribution in [-0.2, 0) is 4.79 Å². The van der Waals surface area contributed by atoms with Crippen molar-refractivity contribution in [2.24, 2.45) is 5.92 Å². The first kappa shape index (κ1) is 13.0. The van der Waals surface area contributed by atoms with Crippen molar-refractivity contribution in [3.63, 3.8) is 0 Å². The molecule has 0 spiro atoms. The summed E-state index contributed by atoms with van der Waals surface area (Å²) in [5.41, 5.74) is 3.93. The van der Waals surface area contributed by atoms with Crippen LogP contribution in [0.15, 0.2) is 53.8 Å². The van der Waals surface area contributed by atoms with E-state index in [0.717, 1.165) is 5.56 Å². The van der Waals surface area contributed by atoms with E-state index in [0.29, 0.717) is 0 Å². The minimum atomic E-state index is -0.964. The van der Waals surface area contributed by atoms with Gasteiger partial charge in [-0.15, -0.1) is 5.73 Å². The fourth-order valence-electron chi connectivity index (χ4n) is 1.18. The summed E-state index contributed by atoms with van der Waals surface area (Å²) in [6.07, 6.45) is 5.08. The van der Waals surface area contributed by atoms with Crippen molar-refractivity contribution in [2.75, 3.05) is 0 Å². The third-order valence-corrected chi connectivity index (χ3v) is 2.04. The molecule has 0 atom stereocenters. The standard InChI is InChI=1S/C15H16O2/c1-12(2)8-10-14(15(16)17)11-9-13-6-4-3-5-7-13/h3-9,11-12H,1-2H3,(H,16,17). The van der Waals surface area contributed by atoms with E-state index < -0.39 is 5.97 Å². The molecule has 0 heterocycles. The first-order chi connectivity index (χ1) is 8.09. The summed E-state index contributed by atoms with van der Waals surface area (Å²) in [7, 11) is 0. The Hall–Kier alpha value is -2.05. The van der Waals surface area contributed by atoms with E-state index in [4.69, 9.17) is 5.11 Å². The zero-order valence-electron chi connectivity index (χ0n) is 10.1. The van der Waals surface area contributed by atoms with Crippen LogP contribution in [0.1, 0.15) is 19.4 Å². The lowest BCUT2D eigenvalue weighted by Crippen LogP contribution is -1.96. The fourth-order valence-corrected chi connectivity index (χ4v) is 1.18. The number of benzene rings is 1. The van der Waals surface area contributed by atoms with E-state index in [1.165, 1.54) is 0 Å². The summed E-state index contributed by atoms with van der Waals surface area (Å²) in [5.74, 6) is -0.677. The van der Waals surface area contributed by atoms with Crippen molar-refractivity contribution in [2.45, 2.75) is 13.8 Å². The van der Waals surface area contributed by atoms with Crippen LogP contribution in [0, 0.1) is 5.92 Å². The Morgan fingerprint density at radius 1 is 1.29 bits per heavy atom. The zero-order chi connectivity index (χ0) is 12.7. The molecule has 88 valence electrons. The minimum absolute atomic E-state index is 0.169. The highest BCUT2D eigenvalue weighted by molar-refractivity contribution is 5.90. The van der Waals surface area contributed by atoms with Crippen LogP contribution in [0.5, 0.6) is 0 Å². The lowest BCUT2D eigenvalue weighted by atomic mass is 10.1. The summed E-state index contributed by atoms with van der Waals surface area (Å²) in [6, 6.07) is 9.58. The molecule has 0 saturated heterocycles.